The number of fused-ring (bicyclic) bond motifs is 1. The second-order valence-electron chi connectivity index (χ2n) is 9.04. The van der Waals surface area contributed by atoms with Crippen molar-refractivity contribution in [3.8, 4) is 11.5 Å². The molecule has 0 spiro atoms. The van der Waals surface area contributed by atoms with Crippen molar-refractivity contribution in [3.05, 3.63) is 74.8 Å². The predicted molar refractivity (Wildman–Crippen MR) is 156 cm³/mol. The Morgan fingerprint density at radius 3 is 2.65 bits per heavy atom. The second-order valence-corrected chi connectivity index (χ2v) is 12.1. The number of anilines is 1. The molecule has 7 N–H and O–H groups in total. The molecule has 5 rings (SSSR count). The summed E-state index contributed by atoms with van der Waals surface area (Å²) >= 11 is 3.68. The van der Waals surface area contributed by atoms with E-state index >= 15 is 0 Å². The summed E-state index contributed by atoms with van der Waals surface area (Å²) in [6.07, 6.45) is 0.770. The van der Waals surface area contributed by atoms with E-state index in [4.69, 9.17) is 10.6 Å². The maximum atomic E-state index is 13.3. The van der Waals surface area contributed by atoms with E-state index in [0.717, 1.165) is 33.4 Å². The van der Waals surface area contributed by atoms with Crippen LogP contribution in [0.5, 0.6) is 11.5 Å². The number of phenols is 1. The molecule has 1 fully saturated rings. The number of carboxylic acid groups (broad SMARTS) is 1. The topological polar surface area (TPSA) is 230 Å². The number of aliphatic carboxylic acids is 1. The van der Waals surface area contributed by atoms with Gasteiger partial charge >= 0.3 is 5.97 Å². The lowest BCUT2D eigenvalue weighted by Crippen LogP contribution is -2.71. The van der Waals surface area contributed by atoms with Crippen LogP contribution in [0.25, 0.3) is 0 Å². The van der Waals surface area contributed by atoms with Gasteiger partial charge in [0.2, 0.25) is 5.43 Å². The van der Waals surface area contributed by atoms with Gasteiger partial charge in [-0.1, -0.05) is 5.16 Å². The number of amides is 2. The molecule has 1 aromatic carbocycles. The van der Waals surface area contributed by atoms with Crippen LogP contribution >= 0.6 is 34.9 Å². The van der Waals surface area contributed by atoms with Crippen LogP contribution in [0, 0.1) is 0 Å². The summed E-state index contributed by atoms with van der Waals surface area (Å²) in [6.45, 7) is -0.477. The van der Waals surface area contributed by atoms with Gasteiger partial charge in [0.15, 0.2) is 23.2 Å². The molecule has 18 heteroatoms. The van der Waals surface area contributed by atoms with Crippen molar-refractivity contribution < 1.29 is 39.7 Å². The molecule has 43 heavy (non-hydrogen) atoms. The molecule has 1 saturated heterocycles. The van der Waals surface area contributed by atoms with Gasteiger partial charge in [0.25, 0.3) is 11.8 Å². The fourth-order valence-corrected chi connectivity index (χ4v) is 7.07. The van der Waals surface area contributed by atoms with Crippen molar-refractivity contribution in [1.29, 1.82) is 0 Å². The van der Waals surface area contributed by atoms with Crippen LogP contribution in [-0.2, 0) is 25.8 Å². The minimum atomic E-state index is -1.27. The predicted octanol–water partition coefficient (Wildman–Crippen LogP) is 0.987. The minimum Gasteiger partial charge on any atom is -0.508 e. The highest BCUT2D eigenvalue weighted by atomic mass is 32.2. The monoisotopic (exact) mass is 646 g/mol. The van der Waals surface area contributed by atoms with Crippen LogP contribution in [0.4, 0.5) is 5.13 Å². The molecule has 2 amide bonds. The van der Waals surface area contributed by atoms with Crippen LogP contribution < -0.4 is 16.5 Å². The average molecular weight is 647 g/mol. The van der Waals surface area contributed by atoms with Crippen LogP contribution in [0.3, 0.4) is 0 Å². The number of phenolic OH excluding ortho intramolecular Hbond substituents is 1. The second kappa shape index (κ2) is 12.3. The van der Waals surface area contributed by atoms with Gasteiger partial charge in [-0.3, -0.25) is 19.3 Å². The largest absolute Gasteiger partial charge is 0.508 e. The lowest BCUT2D eigenvalue weighted by molar-refractivity contribution is -0.150. The SMILES string of the molecule is Nc1nc(/C(=N\OCc2cc(=O)c(O)cn2O)C(=O)N[C@@H]2C(=O)N3C(C(=O)O)=C(CSc4ccc(O)cc4)CS[C@H]23)cs1. The first-order valence-electron chi connectivity index (χ1n) is 12.2. The van der Waals surface area contributed by atoms with Gasteiger partial charge in [-0.05, 0) is 29.8 Å². The van der Waals surface area contributed by atoms with E-state index in [1.54, 1.807) is 12.1 Å². The molecule has 224 valence electrons. The first kappa shape index (κ1) is 29.8. The molecule has 2 aromatic heterocycles. The number of nitrogen functional groups attached to an aromatic ring is 1. The molecule has 15 nitrogen and oxygen atoms in total. The number of carboxylic acids is 1. The number of nitrogens with two attached hydrogens (primary N) is 1. The quantitative estimate of drug-likeness (QED) is 0.0594. The number of pyridine rings is 1. The van der Waals surface area contributed by atoms with Crippen molar-refractivity contribution in [1.82, 2.24) is 19.9 Å². The highest BCUT2D eigenvalue weighted by Crippen LogP contribution is 2.41. The Morgan fingerprint density at radius 2 is 1.98 bits per heavy atom. The minimum absolute atomic E-state index is 0.0340. The molecular formula is C25H22N6O9S3. The van der Waals surface area contributed by atoms with Crippen LogP contribution in [0.1, 0.15) is 11.4 Å². The number of nitrogens with one attached hydrogen (secondary N) is 1. The Morgan fingerprint density at radius 1 is 1.23 bits per heavy atom. The van der Waals surface area contributed by atoms with Crippen LogP contribution in [0.2, 0.25) is 0 Å². The molecule has 2 aliphatic rings. The highest BCUT2D eigenvalue weighted by molar-refractivity contribution is 8.01. The molecule has 0 radical (unpaired) electrons. The van der Waals surface area contributed by atoms with Gasteiger partial charge in [-0.15, -0.1) is 34.9 Å². The van der Waals surface area contributed by atoms with E-state index in [0.29, 0.717) is 21.8 Å². The molecule has 0 bridgehead atoms. The fourth-order valence-electron chi connectivity index (χ4n) is 4.14. The summed E-state index contributed by atoms with van der Waals surface area (Å²) in [6, 6.07) is 6.29. The smallest absolute Gasteiger partial charge is 0.352 e. The summed E-state index contributed by atoms with van der Waals surface area (Å²) < 4.78 is 0.458. The van der Waals surface area contributed by atoms with Crippen LogP contribution in [-0.4, -0.2) is 81.6 Å². The standard InChI is InChI=1S/C25H22N6O9S3/c26-25-27-15(10-43-25)18(29-40-7-12-5-16(33)17(34)6-30(12)39)21(35)28-19-22(36)31-20(24(37)38)11(9-42-23(19)31)8-41-14-3-1-13(32)2-4-14/h1-6,10,19,23,32,34,39H,7-9H2,(H2,26,27)(H,28,35)(H,37,38)/b29-18+/t19-,23-/m1/s1. The number of hydrogen-bond donors (Lipinski definition) is 6. The lowest BCUT2D eigenvalue weighted by Gasteiger charge is -2.49. The first-order valence-corrected chi connectivity index (χ1v) is 15.1. The van der Waals surface area contributed by atoms with Gasteiger partial charge in [-0.25, -0.2) is 9.78 Å². The molecule has 3 aromatic rings. The van der Waals surface area contributed by atoms with Crippen molar-refractivity contribution in [2.45, 2.75) is 22.9 Å². The third-order valence-electron chi connectivity index (χ3n) is 6.22. The lowest BCUT2D eigenvalue weighted by atomic mass is 10.0. The third kappa shape index (κ3) is 6.25. The van der Waals surface area contributed by atoms with Gasteiger partial charge < -0.3 is 36.4 Å². The summed E-state index contributed by atoms with van der Waals surface area (Å²) in [5, 5.41) is 45.9. The van der Waals surface area contributed by atoms with E-state index in [-0.39, 0.29) is 33.7 Å². The van der Waals surface area contributed by atoms with E-state index in [9.17, 15) is 39.7 Å². The molecular weight excluding hydrogens is 625 g/mol. The number of benzene rings is 1. The number of oxime groups is 1. The number of β-lactam (4-membered cyclic amide) rings is 1. The zero-order valence-corrected chi connectivity index (χ0v) is 24.2. The summed E-state index contributed by atoms with van der Waals surface area (Å²) in [5.74, 6) is -2.72. The van der Waals surface area contributed by atoms with Gasteiger partial charge in [0.1, 0.15) is 34.3 Å². The van der Waals surface area contributed by atoms with Crippen LogP contribution in [0.15, 0.2) is 68.0 Å². The normalized spacial score (nSPS) is 18.2. The van der Waals surface area contributed by atoms with E-state index in [1.807, 2.05) is 0 Å². The van der Waals surface area contributed by atoms with E-state index in [1.165, 1.54) is 41.0 Å². The number of thioether (sulfide) groups is 2. The first-order chi connectivity index (χ1) is 20.5. The average Bonchev–Trinajstić information content (AvgIpc) is 3.41. The Kier molecular flexibility index (Phi) is 8.51. The molecule has 0 aliphatic carbocycles. The Hall–Kier alpha value is -4.68. The third-order valence-corrected chi connectivity index (χ3v) is 9.33. The van der Waals surface area contributed by atoms with Gasteiger partial charge in [0.05, 0.1) is 6.20 Å². The maximum absolute atomic E-state index is 13.3. The highest BCUT2D eigenvalue weighted by Gasteiger charge is 2.54. The Bertz CT molecular complexity index is 1720. The van der Waals surface area contributed by atoms with Gasteiger partial charge in [-0.2, -0.15) is 4.73 Å². The number of carbonyl (C=O) groups is 3. The Labute approximate surface area is 254 Å². The van der Waals surface area contributed by atoms with Crippen molar-refractivity contribution in [2.24, 2.45) is 5.16 Å². The van der Waals surface area contributed by atoms with Gasteiger partial charge in [0, 0.05) is 27.8 Å². The Balaban J connectivity index is 1.30. The van der Waals surface area contributed by atoms with E-state index in [2.05, 4.69) is 15.5 Å². The number of carbonyl (C=O) groups excluding carboxylic acids is 2. The van der Waals surface area contributed by atoms with Crippen molar-refractivity contribution in [2.75, 3.05) is 17.2 Å². The number of aromatic nitrogens is 2. The molecule has 0 saturated carbocycles. The van der Waals surface area contributed by atoms with E-state index < -0.39 is 47.0 Å². The molecule has 2 atom stereocenters. The number of nitrogens with zero attached hydrogens (tertiary/aromatic N) is 4. The van der Waals surface area contributed by atoms with Crippen molar-refractivity contribution in [3.63, 3.8) is 0 Å². The summed E-state index contributed by atoms with van der Waals surface area (Å²) in [4.78, 5) is 61.5. The molecule has 2 aliphatic heterocycles. The zero-order valence-electron chi connectivity index (χ0n) is 21.7. The number of aromatic hydroxyl groups is 2. The maximum Gasteiger partial charge on any atom is 0.352 e. The number of thiazole rings is 1. The summed E-state index contributed by atoms with van der Waals surface area (Å²) in [7, 11) is 0. The zero-order chi connectivity index (χ0) is 30.8. The number of rotatable bonds is 10. The number of hydrogen-bond acceptors (Lipinski definition) is 14. The molecule has 4 heterocycles. The fraction of sp³-hybridized carbons (Fsp3) is 0.200. The van der Waals surface area contributed by atoms with Crippen molar-refractivity contribution >= 4 is 63.5 Å². The molecule has 0 unspecified atom stereocenters. The summed E-state index contributed by atoms with van der Waals surface area (Å²) in [5.41, 5.74) is 4.93.